The van der Waals surface area contributed by atoms with Crippen molar-refractivity contribution in [3.63, 3.8) is 0 Å². The number of H-pyrrole nitrogens is 1. The van der Waals surface area contributed by atoms with Crippen LogP contribution in [0.3, 0.4) is 0 Å². The maximum absolute atomic E-state index is 12.7. The zero-order valence-corrected chi connectivity index (χ0v) is 21.6. The lowest BCUT2D eigenvalue weighted by Gasteiger charge is -2.46. The number of aromatic amines is 1. The van der Waals surface area contributed by atoms with Crippen molar-refractivity contribution in [1.82, 2.24) is 4.98 Å². The predicted octanol–water partition coefficient (Wildman–Crippen LogP) is 0.891. The smallest absolute Gasteiger partial charge is 0.310 e. The van der Waals surface area contributed by atoms with E-state index in [1.165, 1.54) is 14.2 Å². The highest BCUT2D eigenvalue weighted by molar-refractivity contribution is 5.89. The number of methoxy groups -OCH3 is 2. The topological polar surface area (TPSA) is 162 Å². The highest BCUT2D eigenvalue weighted by atomic mass is 16.6. The number of ether oxygens (including phenoxy) is 3. The standard InChI is InChI=1S/C28H32N2O9/c1-37-21(32)11-16-14-7-3-5-9-18(14)29-23(16)24-17(12-22(33)38-2)15-8-4-6-10-19(15)30(24)28-27(36)26(35)25(34)20(13-31)39-28/h3-10,17,20,24-29,31,34-36H,11-13H2,1-2H3/t17-,20-,24-,25+,26+,27-,28-/m1/s1. The lowest BCUT2D eigenvalue weighted by molar-refractivity contribution is -0.230. The minimum atomic E-state index is -1.61. The van der Waals surface area contributed by atoms with Gasteiger partial charge in [0.2, 0.25) is 0 Å². The number of hydrogen-bond acceptors (Lipinski definition) is 10. The number of hydrogen-bond donors (Lipinski definition) is 5. The highest BCUT2D eigenvalue weighted by Gasteiger charge is 2.52. The van der Waals surface area contributed by atoms with E-state index in [-0.39, 0.29) is 12.8 Å². The molecule has 5 N–H and O–H groups in total. The van der Waals surface area contributed by atoms with E-state index < -0.39 is 61.1 Å². The SMILES string of the molecule is COC(=O)Cc1c([C@H]2[C@H](CC(=O)OC)c3ccccc3N2[C@@H]2O[C@H](CO)[C@H](O)[C@H](O)[C@H]2O)[nH]c2ccccc12. The van der Waals surface area contributed by atoms with Crippen LogP contribution in [-0.2, 0) is 30.2 Å². The van der Waals surface area contributed by atoms with Crippen molar-refractivity contribution in [3.8, 4) is 0 Å². The van der Waals surface area contributed by atoms with Gasteiger partial charge >= 0.3 is 11.9 Å². The van der Waals surface area contributed by atoms with E-state index >= 15 is 0 Å². The third-order valence-electron chi connectivity index (χ3n) is 7.74. The molecular formula is C28H32N2O9. The third kappa shape index (κ3) is 4.66. The van der Waals surface area contributed by atoms with Crippen LogP contribution in [0.5, 0.6) is 0 Å². The molecule has 2 aliphatic rings. The van der Waals surface area contributed by atoms with E-state index in [9.17, 15) is 30.0 Å². The molecular weight excluding hydrogens is 508 g/mol. The second kappa shape index (κ2) is 10.9. The van der Waals surface area contributed by atoms with Crippen molar-refractivity contribution < 1.29 is 44.2 Å². The van der Waals surface area contributed by atoms with Crippen LogP contribution in [0, 0.1) is 0 Å². The fraction of sp³-hybridized carbons (Fsp3) is 0.429. The number of carbonyl (C=O) groups is 2. The first-order chi connectivity index (χ1) is 18.8. The van der Waals surface area contributed by atoms with Crippen LogP contribution in [0.15, 0.2) is 48.5 Å². The van der Waals surface area contributed by atoms with Gasteiger partial charge in [-0.1, -0.05) is 36.4 Å². The van der Waals surface area contributed by atoms with Gasteiger partial charge in [-0.25, -0.2) is 0 Å². The van der Waals surface area contributed by atoms with Crippen molar-refractivity contribution in [1.29, 1.82) is 0 Å². The monoisotopic (exact) mass is 540 g/mol. The Balaban J connectivity index is 1.73. The van der Waals surface area contributed by atoms with Crippen LogP contribution in [0.2, 0.25) is 0 Å². The molecule has 39 heavy (non-hydrogen) atoms. The van der Waals surface area contributed by atoms with Crippen molar-refractivity contribution in [3.05, 3.63) is 65.4 Å². The fourth-order valence-electron chi connectivity index (χ4n) is 5.86. The second-order valence-corrected chi connectivity index (χ2v) is 9.83. The molecule has 0 unspecified atom stereocenters. The number of aromatic nitrogens is 1. The molecule has 0 bridgehead atoms. The number of nitrogens with one attached hydrogen (secondary N) is 1. The minimum Gasteiger partial charge on any atom is -0.469 e. The maximum atomic E-state index is 12.7. The Morgan fingerprint density at radius 3 is 2.36 bits per heavy atom. The summed E-state index contributed by atoms with van der Waals surface area (Å²) in [5.41, 5.74) is 3.41. The first-order valence-corrected chi connectivity index (χ1v) is 12.7. The summed E-state index contributed by atoms with van der Waals surface area (Å²) in [5, 5.41) is 42.9. The summed E-state index contributed by atoms with van der Waals surface area (Å²) in [6.45, 7) is -0.590. The second-order valence-electron chi connectivity index (χ2n) is 9.83. The Hall–Kier alpha value is -3.48. The fourth-order valence-corrected chi connectivity index (χ4v) is 5.86. The summed E-state index contributed by atoms with van der Waals surface area (Å²) in [7, 11) is 2.61. The van der Waals surface area contributed by atoms with E-state index in [1.54, 1.807) is 11.0 Å². The van der Waals surface area contributed by atoms with Crippen LogP contribution in [-0.4, -0.2) is 88.8 Å². The zero-order valence-electron chi connectivity index (χ0n) is 21.6. The maximum Gasteiger partial charge on any atom is 0.310 e. The van der Waals surface area contributed by atoms with Gasteiger partial charge in [0.1, 0.15) is 24.4 Å². The van der Waals surface area contributed by atoms with Gasteiger partial charge in [0.25, 0.3) is 0 Å². The molecule has 0 radical (unpaired) electrons. The van der Waals surface area contributed by atoms with Gasteiger partial charge in [0, 0.05) is 28.2 Å². The lowest BCUT2D eigenvalue weighted by Crippen LogP contribution is -2.63. The summed E-state index contributed by atoms with van der Waals surface area (Å²) in [4.78, 5) is 30.4. The molecule has 5 rings (SSSR count). The molecule has 0 saturated carbocycles. The summed E-state index contributed by atoms with van der Waals surface area (Å²) >= 11 is 0. The molecule has 1 saturated heterocycles. The number of aliphatic hydroxyl groups excluding tert-OH is 4. The molecule has 11 nitrogen and oxygen atoms in total. The van der Waals surface area contributed by atoms with Crippen LogP contribution in [0.1, 0.15) is 35.2 Å². The van der Waals surface area contributed by atoms with Gasteiger partial charge in [-0.3, -0.25) is 9.59 Å². The molecule has 0 amide bonds. The Bertz CT molecular complexity index is 1360. The van der Waals surface area contributed by atoms with E-state index in [0.717, 1.165) is 16.5 Å². The molecule has 3 aromatic rings. The Morgan fingerprint density at radius 1 is 0.949 bits per heavy atom. The van der Waals surface area contributed by atoms with Gasteiger partial charge in [-0.15, -0.1) is 0 Å². The van der Waals surface area contributed by atoms with Gasteiger partial charge in [-0.05, 0) is 23.3 Å². The number of anilines is 1. The van der Waals surface area contributed by atoms with E-state index in [1.807, 2.05) is 42.5 Å². The van der Waals surface area contributed by atoms with E-state index in [2.05, 4.69) is 4.98 Å². The lowest BCUT2D eigenvalue weighted by atomic mass is 9.87. The van der Waals surface area contributed by atoms with Gasteiger partial charge in [-0.2, -0.15) is 0 Å². The molecule has 11 heteroatoms. The minimum absolute atomic E-state index is 0.0286. The van der Waals surface area contributed by atoms with Gasteiger partial charge in [0.05, 0.1) is 39.7 Å². The van der Waals surface area contributed by atoms with Crippen LogP contribution >= 0.6 is 0 Å². The molecule has 3 heterocycles. The molecule has 7 atom stereocenters. The molecule has 0 spiro atoms. The molecule has 2 aromatic carbocycles. The first kappa shape index (κ1) is 27.1. The number of para-hydroxylation sites is 2. The Labute approximate surface area is 224 Å². The van der Waals surface area contributed by atoms with Gasteiger partial charge in [0.15, 0.2) is 6.23 Å². The molecule has 1 fully saturated rings. The van der Waals surface area contributed by atoms with Crippen molar-refractivity contribution in [2.75, 3.05) is 25.7 Å². The van der Waals surface area contributed by atoms with Gasteiger partial charge < -0.3 is 44.5 Å². The first-order valence-electron chi connectivity index (χ1n) is 12.7. The summed E-state index contributed by atoms with van der Waals surface area (Å²) < 4.78 is 16.0. The Morgan fingerprint density at radius 2 is 1.64 bits per heavy atom. The summed E-state index contributed by atoms with van der Waals surface area (Å²) in [5.74, 6) is -1.42. The molecule has 208 valence electrons. The number of carbonyl (C=O) groups excluding carboxylic acids is 2. The van der Waals surface area contributed by atoms with Crippen LogP contribution in [0.4, 0.5) is 5.69 Å². The predicted molar refractivity (Wildman–Crippen MR) is 139 cm³/mol. The number of esters is 2. The molecule has 1 aromatic heterocycles. The van der Waals surface area contributed by atoms with Crippen molar-refractivity contribution in [2.24, 2.45) is 0 Å². The zero-order chi connectivity index (χ0) is 27.8. The summed E-state index contributed by atoms with van der Waals surface area (Å²) in [6, 6.07) is 14.1. The number of rotatable bonds is 7. The number of nitrogens with zero attached hydrogens (tertiary/aromatic N) is 1. The highest BCUT2D eigenvalue weighted by Crippen LogP contribution is 2.53. The average molecular weight is 541 g/mol. The molecule has 0 aliphatic carbocycles. The van der Waals surface area contributed by atoms with Crippen LogP contribution < -0.4 is 4.90 Å². The summed E-state index contributed by atoms with van der Waals surface area (Å²) in [6.07, 6.45) is -7.15. The van der Waals surface area contributed by atoms with Crippen molar-refractivity contribution in [2.45, 2.75) is 55.4 Å². The largest absolute Gasteiger partial charge is 0.469 e. The number of benzene rings is 2. The number of aliphatic hydroxyl groups is 4. The Kier molecular flexibility index (Phi) is 7.61. The molecule has 2 aliphatic heterocycles. The number of fused-ring (bicyclic) bond motifs is 2. The van der Waals surface area contributed by atoms with E-state index in [0.29, 0.717) is 16.9 Å². The van der Waals surface area contributed by atoms with E-state index in [4.69, 9.17) is 14.2 Å². The van der Waals surface area contributed by atoms with Crippen LogP contribution in [0.25, 0.3) is 10.9 Å². The van der Waals surface area contributed by atoms with Crippen molar-refractivity contribution >= 4 is 28.5 Å². The quantitative estimate of drug-likeness (QED) is 0.272. The normalized spacial score (nSPS) is 28.4. The average Bonchev–Trinajstić information content (AvgIpc) is 3.47. The third-order valence-corrected chi connectivity index (χ3v) is 7.74.